The maximum absolute atomic E-state index is 5.26. The Balaban J connectivity index is 1.87. The van der Waals surface area contributed by atoms with Gasteiger partial charge in [-0.25, -0.2) is 9.97 Å². The van der Waals surface area contributed by atoms with Gasteiger partial charge in [0, 0.05) is 5.39 Å². The number of ether oxygens (including phenoxy) is 1. The Bertz CT molecular complexity index is 946. The van der Waals surface area contributed by atoms with E-state index in [0.29, 0.717) is 0 Å². The van der Waals surface area contributed by atoms with E-state index in [4.69, 9.17) is 9.72 Å². The first-order valence-electron chi connectivity index (χ1n) is 6.64. The van der Waals surface area contributed by atoms with Gasteiger partial charge in [0.1, 0.15) is 10.8 Å². The van der Waals surface area contributed by atoms with Gasteiger partial charge in [0.05, 0.1) is 28.5 Å². The van der Waals surface area contributed by atoms with Crippen LogP contribution in [-0.4, -0.2) is 17.1 Å². The molecule has 102 valence electrons. The molecule has 0 saturated heterocycles. The number of benzene rings is 2. The van der Waals surface area contributed by atoms with Gasteiger partial charge in [-0.3, -0.25) is 0 Å². The van der Waals surface area contributed by atoms with Gasteiger partial charge in [-0.05, 0) is 30.3 Å². The minimum atomic E-state index is 0.851. The van der Waals surface area contributed by atoms with E-state index in [1.807, 2.05) is 42.5 Å². The van der Waals surface area contributed by atoms with E-state index in [2.05, 4.69) is 17.1 Å². The molecule has 4 heteroatoms. The van der Waals surface area contributed by atoms with Crippen molar-refractivity contribution in [3.05, 3.63) is 54.6 Å². The van der Waals surface area contributed by atoms with Crippen molar-refractivity contribution in [3.63, 3.8) is 0 Å². The summed E-state index contributed by atoms with van der Waals surface area (Å²) in [5.41, 5.74) is 2.88. The van der Waals surface area contributed by atoms with Crippen LogP contribution in [0.3, 0.4) is 0 Å². The summed E-state index contributed by atoms with van der Waals surface area (Å²) in [6.07, 6.45) is 0. The van der Waals surface area contributed by atoms with Gasteiger partial charge in [0.15, 0.2) is 0 Å². The fourth-order valence-corrected chi connectivity index (χ4v) is 3.29. The van der Waals surface area contributed by atoms with Crippen LogP contribution < -0.4 is 4.74 Å². The SMILES string of the molecule is COc1ccc2nc(-c3ccc4ccccc4n3)sc2c1. The number of fused-ring (bicyclic) bond motifs is 2. The maximum Gasteiger partial charge on any atom is 0.143 e. The molecule has 2 heterocycles. The Morgan fingerprint density at radius 1 is 0.905 bits per heavy atom. The number of nitrogens with zero attached hydrogens (tertiary/aromatic N) is 2. The first-order chi connectivity index (χ1) is 10.3. The van der Waals surface area contributed by atoms with E-state index in [-0.39, 0.29) is 0 Å². The minimum absolute atomic E-state index is 0.851. The van der Waals surface area contributed by atoms with Gasteiger partial charge in [-0.15, -0.1) is 11.3 Å². The largest absolute Gasteiger partial charge is 0.497 e. The maximum atomic E-state index is 5.26. The van der Waals surface area contributed by atoms with Crippen molar-refractivity contribution in [3.8, 4) is 16.5 Å². The third-order valence-corrected chi connectivity index (χ3v) is 4.45. The molecule has 21 heavy (non-hydrogen) atoms. The van der Waals surface area contributed by atoms with Crippen LogP contribution in [0.25, 0.3) is 31.8 Å². The molecule has 0 saturated carbocycles. The van der Waals surface area contributed by atoms with Crippen LogP contribution >= 0.6 is 11.3 Å². The van der Waals surface area contributed by atoms with E-state index in [9.17, 15) is 0 Å². The van der Waals surface area contributed by atoms with Gasteiger partial charge >= 0.3 is 0 Å². The molecule has 2 aromatic carbocycles. The number of pyridine rings is 1. The number of aromatic nitrogens is 2. The predicted molar refractivity (Wildman–Crippen MR) is 86.9 cm³/mol. The molecule has 4 aromatic rings. The fraction of sp³-hybridized carbons (Fsp3) is 0.0588. The van der Waals surface area contributed by atoms with E-state index < -0.39 is 0 Å². The second-order valence-electron chi connectivity index (χ2n) is 4.74. The van der Waals surface area contributed by atoms with Gasteiger partial charge in [-0.2, -0.15) is 0 Å². The lowest BCUT2D eigenvalue weighted by Crippen LogP contribution is -1.84. The van der Waals surface area contributed by atoms with Gasteiger partial charge in [-0.1, -0.05) is 24.3 Å². The molecular weight excluding hydrogens is 280 g/mol. The van der Waals surface area contributed by atoms with Crippen molar-refractivity contribution >= 4 is 32.5 Å². The number of hydrogen-bond acceptors (Lipinski definition) is 4. The van der Waals surface area contributed by atoms with Crippen LogP contribution in [0.15, 0.2) is 54.6 Å². The Morgan fingerprint density at radius 3 is 2.71 bits per heavy atom. The summed E-state index contributed by atoms with van der Waals surface area (Å²) in [7, 11) is 1.67. The Morgan fingerprint density at radius 2 is 1.81 bits per heavy atom. The first kappa shape index (κ1) is 12.3. The Kier molecular flexibility index (Phi) is 2.82. The van der Waals surface area contributed by atoms with Crippen molar-refractivity contribution in [2.45, 2.75) is 0 Å². The van der Waals surface area contributed by atoms with Gasteiger partial charge in [0.2, 0.25) is 0 Å². The highest BCUT2D eigenvalue weighted by Gasteiger charge is 2.09. The molecule has 0 fully saturated rings. The molecule has 0 amide bonds. The van der Waals surface area contributed by atoms with Crippen molar-refractivity contribution < 1.29 is 4.74 Å². The van der Waals surface area contributed by atoms with Crippen molar-refractivity contribution in [2.75, 3.05) is 7.11 Å². The summed E-state index contributed by atoms with van der Waals surface area (Å²) in [4.78, 5) is 9.37. The number of para-hydroxylation sites is 1. The molecule has 0 unspecified atom stereocenters. The second-order valence-corrected chi connectivity index (χ2v) is 5.77. The molecule has 4 rings (SSSR count). The third-order valence-electron chi connectivity index (χ3n) is 3.41. The van der Waals surface area contributed by atoms with Crippen molar-refractivity contribution in [1.82, 2.24) is 9.97 Å². The first-order valence-corrected chi connectivity index (χ1v) is 7.46. The number of rotatable bonds is 2. The van der Waals surface area contributed by atoms with Crippen molar-refractivity contribution in [1.29, 1.82) is 0 Å². The molecule has 0 aliphatic rings. The van der Waals surface area contributed by atoms with E-state index >= 15 is 0 Å². The highest BCUT2D eigenvalue weighted by Crippen LogP contribution is 2.32. The summed E-state index contributed by atoms with van der Waals surface area (Å²) in [6, 6.07) is 18.1. The van der Waals surface area contributed by atoms with E-state index in [0.717, 1.165) is 37.6 Å². The van der Waals surface area contributed by atoms with Crippen LogP contribution in [0.2, 0.25) is 0 Å². The van der Waals surface area contributed by atoms with Crippen molar-refractivity contribution in [2.24, 2.45) is 0 Å². The topological polar surface area (TPSA) is 35.0 Å². The zero-order valence-corrected chi connectivity index (χ0v) is 12.2. The lowest BCUT2D eigenvalue weighted by molar-refractivity contribution is 0.415. The normalized spacial score (nSPS) is 11.1. The fourth-order valence-electron chi connectivity index (χ4n) is 2.33. The number of methoxy groups -OCH3 is 1. The third kappa shape index (κ3) is 2.14. The summed E-state index contributed by atoms with van der Waals surface area (Å²) < 4.78 is 6.37. The molecule has 0 aliphatic carbocycles. The molecule has 3 nitrogen and oxygen atoms in total. The lowest BCUT2D eigenvalue weighted by Gasteiger charge is -1.99. The van der Waals surface area contributed by atoms with Crippen LogP contribution in [0.1, 0.15) is 0 Å². The van der Waals surface area contributed by atoms with Crippen LogP contribution in [0.5, 0.6) is 5.75 Å². The predicted octanol–water partition coefficient (Wildman–Crippen LogP) is 4.52. The summed E-state index contributed by atoms with van der Waals surface area (Å²) in [5.74, 6) is 0.851. The summed E-state index contributed by atoms with van der Waals surface area (Å²) >= 11 is 1.63. The molecule has 0 atom stereocenters. The standard InChI is InChI=1S/C17H12N2OS/c1-20-12-7-9-14-16(10-12)21-17(19-14)15-8-6-11-4-2-3-5-13(11)18-15/h2-10H,1H3. The molecule has 2 aromatic heterocycles. The van der Waals surface area contributed by atoms with E-state index in [1.165, 1.54) is 0 Å². The average Bonchev–Trinajstić information content (AvgIpc) is 2.97. The number of hydrogen-bond donors (Lipinski definition) is 0. The summed E-state index contributed by atoms with van der Waals surface area (Å²) in [5, 5.41) is 2.08. The van der Waals surface area contributed by atoms with Gasteiger partial charge < -0.3 is 4.74 Å². The highest BCUT2D eigenvalue weighted by atomic mass is 32.1. The quantitative estimate of drug-likeness (QED) is 0.545. The highest BCUT2D eigenvalue weighted by molar-refractivity contribution is 7.21. The molecule has 0 aliphatic heterocycles. The Hall–Kier alpha value is -2.46. The van der Waals surface area contributed by atoms with Gasteiger partial charge in [0.25, 0.3) is 0 Å². The molecule has 0 N–H and O–H groups in total. The van der Waals surface area contributed by atoms with Crippen LogP contribution in [0, 0.1) is 0 Å². The minimum Gasteiger partial charge on any atom is -0.497 e. The summed E-state index contributed by atoms with van der Waals surface area (Å²) in [6.45, 7) is 0. The number of thiazole rings is 1. The molecule has 0 bridgehead atoms. The second kappa shape index (κ2) is 4.82. The van der Waals surface area contributed by atoms with E-state index in [1.54, 1.807) is 18.4 Å². The molecule has 0 spiro atoms. The molecule has 0 radical (unpaired) electrons. The van der Waals surface area contributed by atoms with Crippen LogP contribution in [0.4, 0.5) is 0 Å². The lowest BCUT2D eigenvalue weighted by atomic mass is 10.2. The zero-order chi connectivity index (χ0) is 14.2. The zero-order valence-electron chi connectivity index (χ0n) is 11.4. The molecular formula is C17H12N2OS. The monoisotopic (exact) mass is 292 g/mol. The average molecular weight is 292 g/mol. The van der Waals surface area contributed by atoms with Crippen LogP contribution in [-0.2, 0) is 0 Å². The smallest absolute Gasteiger partial charge is 0.143 e. The Labute approximate surface area is 125 Å².